The zero-order chi connectivity index (χ0) is 20.1. The number of benzene rings is 2. The topological polar surface area (TPSA) is 7.12 Å². The molecule has 0 fully saturated rings. The third-order valence-electron chi connectivity index (χ3n) is 5.67. The first-order chi connectivity index (χ1) is 14.3. The van der Waals surface area contributed by atoms with Gasteiger partial charge in [0.2, 0.25) is 11.2 Å². The summed E-state index contributed by atoms with van der Waals surface area (Å²) in [6, 6.07) is 22.0. The van der Waals surface area contributed by atoms with Gasteiger partial charge in [0.1, 0.15) is 6.54 Å². The van der Waals surface area contributed by atoms with Gasteiger partial charge in [-0.3, -0.25) is 0 Å². The van der Waals surface area contributed by atoms with Crippen LogP contribution < -0.4 is 33.4 Å². The van der Waals surface area contributed by atoms with Crippen LogP contribution in [0.5, 0.6) is 0 Å². The summed E-state index contributed by atoms with van der Waals surface area (Å²) in [4.78, 5) is 2.48. The van der Waals surface area contributed by atoms with Gasteiger partial charge in [0.05, 0.1) is 6.04 Å². The normalized spacial score (nSPS) is 15.7. The van der Waals surface area contributed by atoms with E-state index < -0.39 is 0 Å². The smallest absolute Gasteiger partial charge is 0.212 e. The average Bonchev–Trinajstić information content (AvgIpc) is 2.78. The molecule has 154 valence electrons. The first-order valence-electron chi connectivity index (χ1n) is 10.6. The minimum atomic E-state index is 0. The van der Waals surface area contributed by atoms with Crippen LogP contribution in [0.15, 0.2) is 85.0 Å². The molecule has 1 aliphatic heterocycles. The monoisotopic (exact) mass is 508 g/mol. The fourth-order valence-electron chi connectivity index (χ4n) is 4.23. The Morgan fingerprint density at radius 1 is 0.933 bits per heavy atom. The van der Waals surface area contributed by atoms with Crippen molar-refractivity contribution in [2.75, 3.05) is 11.4 Å². The minimum Gasteiger partial charge on any atom is -1.00 e. The summed E-state index contributed by atoms with van der Waals surface area (Å²) in [6.45, 7) is 6.41. The molecule has 1 aliphatic rings. The van der Waals surface area contributed by atoms with Crippen LogP contribution in [0, 0.1) is 0 Å². The zero-order valence-electron chi connectivity index (χ0n) is 17.7. The number of fused-ring (bicyclic) bond motifs is 2. The van der Waals surface area contributed by atoms with Gasteiger partial charge in [0.25, 0.3) is 0 Å². The zero-order valence-corrected chi connectivity index (χ0v) is 19.9. The van der Waals surface area contributed by atoms with E-state index in [2.05, 4.69) is 120 Å². The Balaban J connectivity index is 0.00000256. The molecule has 2 heterocycles. The van der Waals surface area contributed by atoms with Crippen LogP contribution in [0.3, 0.4) is 0 Å². The first-order valence-corrected chi connectivity index (χ1v) is 10.6. The van der Waals surface area contributed by atoms with Crippen LogP contribution in [0.25, 0.3) is 23.1 Å². The summed E-state index contributed by atoms with van der Waals surface area (Å²) < 4.78 is 2.36. The van der Waals surface area contributed by atoms with Gasteiger partial charge in [0.15, 0.2) is 0 Å². The minimum absolute atomic E-state index is 0. The molecule has 0 spiro atoms. The average molecular weight is 508 g/mol. The molecule has 3 heteroatoms. The van der Waals surface area contributed by atoms with E-state index in [1.54, 1.807) is 0 Å². The molecule has 3 aromatic rings. The third-order valence-corrected chi connectivity index (χ3v) is 5.67. The molecule has 1 unspecified atom stereocenters. The maximum atomic E-state index is 2.48. The molecule has 0 amide bonds. The van der Waals surface area contributed by atoms with Gasteiger partial charge in [-0.05, 0) is 44.0 Å². The second kappa shape index (κ2) is 10.6. The Morgan fingerprint density at radius 2 is 1.73 bits per heavy atom. The Morgan fingerprint density at radius 3 is 2.57 bits per heavy atom. The van der Waals surface area contributed by atoms with Crippen LogP contribution in [0.4, 0.5) is 5.69 Å². The van der Waals surface area contributed by atoms with Crippen LogP contribution in [-0.2, 0) is 6.54 Å². The van der Waals surface area contributed by atoms with E-state index in [1.807, 2.05) is 0 Å². The summed E-state index contributed by atoms with van der Waals surface area (Å²) in [5.41, 5.74) is 5.17. The van der Waals surface area contributed by atoms with E-state index >= 15 is 0 Å². The van der Waals surface area contributed by atoms with Crippen molar-refractivity contribution in [3.8, 4) is 0 Å². The molecule has 30 heavy (non-hydrogen) atoms. The molecule has 0 saturated heterocycles. The number of para-hydroxylation sites is 2. The lowest BCUT2D eigenvalue weighted by molar-refractivity contribution is -0.669. The van der Waals surface area contributed by atoms with Gasteiger partial charge >= 0.3 is 0 Å². The van der Waals surface area contributed by atoms with Gasteiger partial charge in [-0.1, -0.05) is 60.7 Å². The number of hydrogen-bond acceptors (Lipinski definition) is 1. The van der Waals surface area contributed by atoms with E-state index in [1.165, 1.54) is 27.8 Å². The molecule has 0 saturated carbocycles. The van der Waals surface area contributed by atoms with E-state index in [4.69, 9.17) is 0 Å². The van der Waals surface area contributed by atoms with Gasteiger partial charge < -0.3 is 28.9 Å². The molecular formula is C27H29IN2. The number of rotatable bonds is 6. The molecule has 0 N–H and O–H groups in total. The second-order valence-electron chi connectivity index (χ2n) is 7.36. The first kappa shape index (κ1) is 22.3. The lowest BCUT2D eigenvalue weighted by Gasteiger charge is -2.34. The number of aromatic nitrogens is 1. The molecule has 2 nitrogen and oxygen atoms in total. The largest absolute Gasteiger partial charge is 1.00 e. The third kappa shape index (κ3) is 4.67. The maximum absolute atomic E-state index is 2.48. The van der Waals surface area contributed by atoms with Crippen LogP contribution >= 0.6 is 0 Å². The number of anilines is 1. The summed E-state index contributed by atoms with van der Waals surface area (Å²) in [5, 5.41) is 1.28. The summed E-state index contributed by atoms with van der Waals surface area (Å²) in [5.74, 6) is 0. The lowest BCUT2D eigenvalue weighted by atomic mass is 10.0. The van der Waals surface area contributed by atoms with Crippen LogP contribution in [0.2, 0.25) is 0 Å². The summed E-state index contributed by atoms with van der Waals surface area (Å²) in [7, 11) is 0. The van der Waals surface area contributed by atoms with Crippen molar-refractivity contribution in [2.45, 2.75) is 32.9 Å². The molecule has 0 radical (unpaired) electrons. The molecule has 0 bridgehead atoms. The van der Waals surface area contributed by atoms with Crippen molar-refractivity contribution in [3.05, 3.63) is 96.2 Å². The van der Waals surface area contributed by atoms with Crippen molar-refractivity contribution in [1.82, 2.24) is 0 Å². The SMILES string of the molecule is CCN1c2ccccc2C=CC1C/C=C/C=C/c1ccc2ccccc2[n+]1CC.[I-]. The number of pyridine rings is 1. The highest BCUT2D eigenvalue weighted by molar-refractivity contribution is 5.76. The van der Waals surface area contributed by atoms with E-state index in [0.717, 1.165) is 19.5 Å². The molecule has 1 atom stereocenters. The van der Waals surface area contributed by atoms with Gasteiger partial charge in [-0.15, -0.1) is 0 Å². The van der Waals surface area contributed by atoms with Crippen LogP contribution in [0.1, 0.15) is 31.5 Å². The predicted molar refractivity (Wildman–Crippen MR) is 125 cm³/mol. The molecular weight excluding hydrogens is 479 g/mol. The number of halogens is 1. The molecule has 1 aromatic heterocycles. The Bertz CT molecular complexity index is 1080. The Kier molecular flexibility index (Phi) is 7.86. The maximum Gasteiger partial charge on any atom is 0.212 e. The van der Waals surface area contributed by atoms with E-state index in [9.17, 15) is 0 Å². The quantitative estimate of drug-likeness (QED) is 0.282. The fraction of sp³-hybridized carbons (Fsp3) is 0.222. The standard InChI is InChI=1S/C27H29N2.HI/c1-3-28-24(20-18-22-12-8-10-16-26(22)28)14-6-5-7-15-25-21-19-23-13-9-11-17-27(23)29(25)4-2;/h5-14,16-21,25H,3-4,15H2,1-2H3;1H/q+1;/p-1/b7-5+,14-6+;. The van der Waals surface area contributed by atoms with Gasteiger partial charge in [-0.25, -0.2) is 0 Å². The number of aryl methyl sites for hydroxylation is 1. The molecule has 0 aliphatic carbocycles. The van der Waals surface area contributed by atoms with Crippen LogP contribution in [-0.4, -0.2) is 12.6 Å². The Labute approximate surface area is 197 Å². The van der Waals surface area contributed by atoms with Gasteiger partial charge in [0, 0.05) is 35.8 Å². The highest BCUT2D eigenvalue weighted by Gasteiger charge is 2.19. The van der Waals surface area contributed by atoms with Crippen molar-refractivity contribution in [3.63, 3.8) is 0 Å². The summed E-state index contributed by atoms with van der Waals surface area (Å²) >= 11 is 0. The molecule has 4 rings (SSSR count). The predicted octanol–water partition coefficient (Wildman–Crippen LogP) is 3.03. The van der Waals surface area contributed by atoms with Crippen molar-refractivity contribution in [2.24, 2.45) is 0 Å². The van der Waals surface area contributed by atoms with Crippen molar-refractivity contribution >= 4 is 28.7 Å². The number of allylic oxidation sites excluding steroid dienone is 2. The number of likely N-dealkylation sites (N-methyl/N-ethyl adjacent to an activating group) is 1. The second-order valence-corrected chi connectivity index (χ2v) is 7.36. The van der Waals surface area contributed by atoms with E-state index in [0.29, 0.717) is 6.04 Å². The molecule has 2 aromatic carbocycles. The highest BCUT2D eigenvalue weighted by Crippen LogP contribution is 2.29. The summed E-state index contributed by atoms with van der Waals surface area (Å²) in [6.07, 6.45) is 14.4. The van der Waals surface area contributed by atoms with Crippen molar-refractivity contribution in [1.29, 1.82) is 0 Å². The van der Waals surface area contributed by atoms with E-state index in [-0.39, 0.29) is 24.0 Å². The number of hydrogen-bond donors (Lipinski definition) is 0. The lowest BCUT2D eigenvalue weighted by Crippen LogP contribution is -3.00. The highest BCUT2D eigenvalue weighted by atomic mass is 127. The fourth-order valence-corrected chi connectivity index (χ4v) is 4.23. The number of nitrogens with zero attached hydrogens (tertiary/aromatic N) is 2. The van der Waals surface area contributed by atoms with Gasteiger partial charge in [-0.2, -0.15) is 4.57 Å². The van der Waals surface area contributed by atoms with Crippen molar-refractivity contribution < 1.29 is 28.5 Å². The Hall–Kier alpha value is -2.40.